The lowest BCUT2D eigenvalue weighted by molar-refractivity contribution is -0.137. The number of pyridine rings is 1. The summed E-state index contributed by atoms with van der Waals surface area (Å²) in [5, 5.41) is 12.6. The first-order valence-electron chi connectivity index (χ1n) is 7.48. The third kappa shape index (κ3) is 3.18. The molecule has 0 bridgehead atoms. The van der Waals surface area contributed by atoms with Crippen LogP contribution >= 0.6 is 11.3 Å². The Labute approximate surface area is 133 Å². The van der Waals surface area contributed by atoms with Gasteiger partial charge in [0.25, 0.3) is 0 Å². The number of thiazole rings is 1. The van der Waals surface area contributed by atoms with Gasteiger partial charge in [0.1, 0.15) is 5.01 Å². The fraction of sp³-hybridized carbons (Fsp3) is 0.438. The van der Waals surface area contributed by atoms with E-state index in [0.717, 1.165) is 29.2 Å². The molecule has 116 valence electrons. The van der Waals surface area contributed by atoms with E-state index in [2.05, 4.69) is 9.97 Å². The smallest absolute Gasteiger partial charge is 0.228 e. The molecule has 2 aromatic heterocycles. The zero-order valence-electron chi connectivity index (χ0n) is 12.5. The Morgan fingerprint density at radius 2 is 2.36 bits per heavy atom. The fourth-order valence-corrected chi connectivity index (χ4v) is 3.52. The summed E-state index contributed by atoms with van der Waals surface area (Å²) in [5.74, 6) is 0.0316. The van der Waals surface area contributed by atoms with Crippen LogP contribution in [0.15, 0.2) is 29.8 Å². The molecule has 2 unspecified atom stereocenters. The van der Waals surface area contributed by atoms with E-state index < -0.39 is 6.10 Å². The van der Waals surface area contributed by atoms with Gasteiger partial charge in [-0.25, -0.2) is 4.98 Å². The average molecular weight is 317 g/mol. The number of carbonyl (C=O) groups excluding carboxylic acids is 1. The van der Waals surface area contributed by atoms with Gasteiger partial charge in [-0.2, -0.15) is 0 Å². The molecule has 3 rings (SSSR count). The standard InChI is InChI=1S/C16H19N3O2S/c1-11-14(20)6-4-8-19(11)15(21)9-12-10-22-16(18-12)13-5-2-3-7-17-13/h2-3,5,7,10-11,14,20H,4,6,8-9H2,1H3. The molecular formula is C16H19N3O2S. The van der Waals surface area contributed by atoms with Crippen molar-refractivity contribution >= 4 is 17.2 Å². The van der Waals surface area contributed by atoms with Crippen molar-refractivity contribution in [2.45, 2.75) is 38.3 Å². The van der Waals surface area contributed by atoms with Crippen molar-refractivity contribution < 1.29 is 9.90 Å². The third-order valence-electron chi connectivity index (χ3n) is 4.04. The molecule has 1 fully saturated rings. The Balaban J connectivity index is 1.69. The zero-order chi connectivity index (χ0) is 15.5. The van der Waals surface area contributed by atoms with Gasteiger partial charge in [0, 0.05) is 18.1 Å². The van der Waals surface area contributed by atoms with Crippen LogP contribution in [0.4, 0.5) is 0 Å². The van der Waals surface area contributed by atoms with Crippen molar-refractivity contribution in [2.24, 2.45) is 0 Å². The second kappa shape index (κ2) is 6.54. The van der Waals surface area contributed by atoms with E-state index >= 15 is 0 Å². The lowest BCUT2D eigenvalue weighted by Gasteiger charge is -2.36. The summed E-state index contributed by atoms with van der Waals surface area (Å²) in [4.78, 5) is 23.0. The number of likely N-dealkylation sites (tertiary alicyclic amines) is 1. The molecule has 3 heterocycles. The topological polar surface area (TPSA) is 66.3 Å². The fourth-order valence-electron chi connectivity index (χ4n) is 2.73. The minimum absolute atomic E-state index is 0.0316. The van der Waals surface area contributed by atoms with Crippen LogP contribution in [0, 0.1) is 0 Å². The van der Waals surface area contributed by atoms with Crippen LogP contribution in [-0.2, 0) is 11.2 Å². The molecule has 0 spiro atoms. The molecule has 22 heavy (non-hydrogen) atoms. The second-order valence-corrected chi connectivity index (χ2v) is 6.43. The van der Waals surface area contributed by atoms with Crippen molar-refractivity contribution in [3.8, 4) is 10.7 Å². The van der Waals surface area contributed by atoms with E-state index in [1.54, 1.807) is 11.1 Å². The monoisotopic (exact) mass is 317 g/mol. The molecule has 5 nitrogen and oxygen atoms in total. The Morgan fingerprint density at radius 3 is 3.14 bits per heavy atom. The average Bonchev–Trinajstić information content (AvgIpc) is 2.99. The van der Waals surface area contributed by atoms with Crippen LogP contribution in [0.5, 0.6) is 0 Å². The lowest BCUT2D eigenvalue weighted by Crippen LogP contribution is -2.49. The summed E-state index contributed by atoms with van der Waals surface area (Å²) in [6.07, 6.45) is 3.22. The summed E-state index contributed by atoms with van der Waals surface area (Å²) in [7, 11) is 0. The van der Waals surface area contributed by atoms with E-state index in [9.17, 15) is 9.90 Å². The number of piperidine rings is 1. The molecule has 1 amide bonds. The van der Waals surface area contributed by atoms with Crippen molar-refractivity contribution in [2.75, 3.05) is 6.54 Å². The molecule has 0 radical (unpaired) electrons. The van der Waals surface area contributed by atoms with Gasteiger partial charge >= 0.3 is 0 Å². The largest absolute Gasteiger partial charge is 0.391 e. The number of amides is 1. The van der Waals surface area contributed by atoms with Crippen LogP contribution in [0.2, 0.25) is 0 Å². The van der Waals surface area contributed by atoms with Gasteiger partial charge in [-0.3, -0.25) is 9.78 Å². The minimum Gasteiger partial charge on any atom is -0.391 e. The van der Waals surface area contributed by atoms with E-state index in [0.29, 0.717) is 6.54 Å². The minimum atomic E-state index is -0.419. The molecule has 1 N–H and O–H groups in total. The summed E-state index contributed by atoms with van der Waals surface area (Å²) in [6, 6.07) is 5.58. The molecule has 0 saturated carbocycles. The molecule has 2 aromatic rings. The van der Waals surface area contributed by atoms with Crippen molar-refractivity contribution in [1.82, 2.24) is 14.9 Å². The number of aromatic nitrogens is 2. The van der Waals surface area contributed by atoms with E-state index in [4.69, 9.17) is 0 Å². The van der Waals surface area contributed by atoms with Crippen LogP contribution in [0.1, 0.15) is 25.5 Å². The van der Waals surface area contributed by atoms with Gasteiger partial charge < -0.3 is 10.0 Å². The quantitative estimate of drug-likeness (QED) is 0.941. The first kappa shape index (κ1) is 15.1. The summed E-state index contributed by atoms with van der Waals surface area (Å²) in [6.45, 7) is 2.62. The molecule has 0 aromatic carbocycles. The molecule has 1 aliphatic rings. The van der Waals surface area contributed by atoms with Gasteiger partial charge in [0.15, 0.2) is 0 Å². The molecule has 2 atom stereocenters. The number of rotatable bonds is 3. The molecular weight excluding hydrogens is 298 g/mol. The molecule has 0 aliphatic carbocycles. The molecule has 6 heteroatoms. The van der Waals surface area contributed by atoms with Gasteiger partial charge in [0.2, 0.25) is 5.91 Å². The first-order chi connectivity index (χ1) is 10.6. The highest BCUT2D eigenvalue weighted by Gasteiger charge is 2.29. The predicted octanol–water partition coefficient (Wildman–Crippen LogP) is 2.12. The SMILES string of the molecule is CC1C(O)CCCN1C(=O)Cc1csc(-c2ccccn2)n1. The van der Waals surface area contributed by atoms with Crippen LogP contribution in [0.3, 0.4) is 0 Å². The number of carbonyl (C=O) groups is 1. The van der Waals surface area contributed by atoms with Crippen molar-refractivity contribution in [3.63, 3.8) is 0 Å². The van der Waals surface area contributed by atoms with E-state index in [1.165, 1.54) is 11.3 Å². The Hall–Kier alpha value is -1.79. The van der Waals surface area contributed by atoms with Crippen LogP contribution < -0.4 is 0 Å². The maximum Gasteiger partial charge on any atom is 0.228 e. The maximum absolute atomic E-state index is 12.4. The second-order valence-electron chi connectivity index (χ2n) is 5.57. The van der Waals surface area contributed by atoms with Crippen molar-refractivity contribution in [1.29, 1.82) is 0 Å². The predicted molar refractivity (Wildman–Crippen MR) is 85.5 cm³/mol. The van der Waals surface area contributed by atoms with Crippen molar-refractivity contribution in [3.05, 3.63) is 35.5 Å². The number of hydrogen-bond acceptors (Lipinski definition) is 5. The van der Waals surface area contributed by atoms with Gasteiger partial charge in [0.05, 0.1) is 30.0 Å². The van der Waals surface area contributed by atoms with Crippen LogP contribution in [-0.4, -0.2) is 44.6 Å². The number of hydrogen-bond donors (Lipinski definition) is 1. The summed E-state index contributed by atoms with van der Waals surface area (Å²) >= 11 is 1.50. The van der Waals surface area contributed by atoms with E-state index in [1.807, 2.05) is 30.5 Å². The summed E-state index contributed by atoms with van der Waals surface area (Å²) in [5.41, 5.74) is 1.59. The highest BCUT2D eigenvalue weighted by molar-refractivity contribution is 7.13. The number of aliphatic hydroxyl groups excluding tert-OH is 1. The Kier molecular flexibility index (Phi) is 4.49. The number of aliphatic hydroxyl groups is 1. The first-order valence-corrected chi connectivity index (χ1v) is 8.36. The Morgan fingerprint density at radius 1 is 1.50 bits per heavy atom. The van der Waals surface area contributed by atoms with Gasteiger partial charge in [-0.05, 0) is 31.9 Å². The molecule has 1 saturated heterocycles. The highest BCUT2D eigenvalue weighted by Crippen LogP contribution is 2.23. The third-order valence-corrected chi connectivity index (χ3v) is 4.95. The zero-order valence-corrected chi connectivity index (χ0v) is 13.3. The summed E-state index contributed by atoms with van der Waals surface area (Å²) < 4.78 is 0. The maximum atomic E-state index is 12.4. The van der Waals surface area contributed by atoms with E-state index in [-0.39, 0.29) is 18.4 Å². The number of nitrogens with zero attached hydrogens (tertiary/aromatic N) is 3. The lowest BCUT2D eigenvalue weighted by atomic mass is 10.00. The Bertz CT molecular complexity index is 644. The van der Waals surface area contributed by atoms with Gasteiger partial charge in [-0.1, -0.05) is 6.07 Å². The van der Waals surface area contributed by atoms with Gasteiger partial charge in [-0.15, -0.1) is 11.3 Å². The molecule has 1 aliphatic heterocycles. The normalized spacial score (nSPS) is 21.8. The van der Waals surface area contributed by atoms with Crippen LogP contribution in [0.25, 0.3) is 10.7 Å². The highest BCUT2D eigenvalue weighted by atomic mass is 32.1.